The minimum atomic E-state index is -0.541. The smallest absolute Gasteiger partial charge is 0.338 e. The molecule has 2 aromatic carbocycles. The van der Waals surface area contributed by atoms with Gasteiger partial charge in [-0.05, 0) is 66.5 Å². The molecule has 0 heterocycles. The first-order valence-electron chi connectivity index (χ1n) is 11.1. The molecule has 1 N–H and O–H groups in total. The average molecular weight is 427 g/mol. The monoisotopic (exact) mass is 426 g/mol. The van der Waals surface area contributed by atoms with Gasteiger partial charge in [0.05, 0.1) is 18.8 Å². The third-order valence-electron chi connectivity index (χ3n) is 6.59. The van der Waals surface area contributed by atoms with Crippen LogP contribution in [0, 0.1) is 19.3 Å². The van der Waals surface area contributed by atoms with E-state index in [0.29, 0.717) is 5.56 Å². The number of esters is 1. The molecule has 0 aliphatic heterocycles. The molecular weight excluding hydrogens is 388 g/mol. The highest BCUT2D eigenvalue weighted by atomic mass is 16.5. The predicted molar refractivity (Wildman–Crippen MR) is 126 cm³/mol. The van der Waals surface area contributed by atoms with E-state index in [1.807, 2.05) is 52.8 Å². The molecule has 4 nitrogen and oxygen atoms in total. The van der Waals surface area contributed by atoms with Gasteiger partial charge in [0.2, 0.25) is 0 Å². The molecule has 1 unspecified atom stereocenters. The Kier molecular flexibility index (Phi) is 7.93. The number of methoxy groups -OCH3 is 1. The van der Waals surface area contributed by atoms with E-state index in [0.717, 1.165) is 35.3 Å². The molecule has 170 valence electrons. The van der Waals surface area contributed by atoms with E-state index in [2.05, 4.69) is 32.0 Å². The van der Waals surface area contributed by atoms with Crippen molar-refractivity contribution in [1.82, 2.24) is 0 Å². The van der Waals surface area contributed by atoms with Crippen molar-refractivity contribution in [3.63, 3.8) is 0 Å². The van der Waals surface area contributed by atoms with Crippen LogP contribution in [-0.2, 0) is 10.2 Å². The lowest BCUT2D eigenvalue weighted by molar-refractivity contribution is 0.0216. The third kappa shape index (κ3) is 5.12. The van der Waals surface area contributed by atoms with Gasteiger partial charge in [-0.15, -0.1) is 0 Å². The molecular formula is C27H38O4. The molecule has 1 atom stereocenters. The summed E-state index contributed by atoms with van der Waals surface area (Å²) in [6, 6.07) is 12.2. The number of aryl methyl sites for hydroxylation is 1. The Hall–Kier alpha value is -2.33. The summed E-state index contributed by atoms with van der Waals surface area (Å²) in [6.07, 6.45) is 1.26. The topological polar surface area (TPSA) is 55.8 Å². The summed E-state index contributed by atoms with van der Waals surface area (Å²) in [5.74, 6) is 0.478. The number of carbonyl (C=O) groups excluding carboxylic acids is 1. The van der Waals surface area contributed by atoms with Gasteiger partial charge in [-0.2, -0.15) is 0 Å². The van der Waals surface area contributed by atoms with E-state index in [1.165, 1.54) is 12.7 Å². The number of rotatable bonds is 8. The molecule has 0 amide bonds. The number of benzene rings is 2. The van der Waals surface area contributed by atoms with E-state index in [4.69, 9.17) is 9.47 Å². The van der Waals surface area contributed by atoms with Crippen molar-refractivity contribution in [3.8, 4) is 5.75 Å². The maximum atomic E-state index is 12.3. The van der Waals surface area contributed by atoms with Crippen LogP contribution in [0.1, 0.15) is 80.1 Å². The van der Waals surface area contributed by atoms with Crippen molar-refractivity contribution in [1.29, 1.82) is 0 Å². The third-order valence-corrected chi connectivity index (χ3v) is 6.59. The number of hydrogen-bond acceptors (Lipinski definition) is 4. The van der Waals surface area contributed by atoms with Gasteiger partial charge in [-0.1, -0.05) is 58.9 Å². The first-order valence-corrected chi connectivity index (χ1v) is 11.1. The maximum Gasteiger partial charge on any atom is 0.338 e. The van der Waals surface area contributed by atoms with Crippen molar-refractivity contribution in [2.75, 3.05) is 13.7 Å². The van der Waals surface area contributed by atoms with E-state index < -0.39 is 6.10 Å². The number of ether oxygens (including phenoxy) is 2. The second kappa shape index (κ2) is 9.86. The van der Waals surface area contributed by atoms with E-state index >= 15 is 0 Å². The summed E-state index contributed by atoms with van der Waals surface area (Å²) in [5.41, 5.74) is 4.51. The van der Waals surface area contributed by atoms with Gasteiger partial charge in [-0.25, -0.2) is 4.79 Å². The Morgan fingerprint density at radius 1 is 1.06 bits per heavy atom. The van der Waals surface area contributed by atoms with Crippen LogP contribution >= 0.6 is 0 Å². The maximum absolute atomic E-state index is 12.3. The molecule has 2 aromatic rings. The lowest BCUT2D eigenvalue weighted by Crippen LogP contribution is -2.32. The Balaban J connectivity index is 2.46. The SMILES string of the molecule is CCC(CC)(c1ccc(OCC(O)C(C)(C)C)c(C)c1)c1cccc(C(=O)OC)c1C. The summed E-state index contributed by atoms with van der Waals surface area (Å²) >= 11 is 0. The van der Waals surface area contributed by atoms with Crippen LogP contribution in [0.5, 0.6) is 5.75 Å². The molecule has 0 saturated heterocycles. The zero-order valence-electron chi connectivity index (χ0n) is 20.3. The van der Waals surface area contributed by atoms with Gasteiger partial charge in [0.15, 0.2) is 0 Å². The van der Waals surface area contributed by atoms with Gasteiger partial charge in [0.1, 0.15) is 12.4 Å². The summed E-state index contributed by atoms with van der Waals surface area (Å²) in [4.78, 5) is 12.3. The molecule has 0 aromatic heterocycles. The van der Waals surface area contributed by atoms with Crippen LogP contribution in [0.15, 0.2) is 36.4 Å². The molecule has 4 heteroatoms. The van der Waals surface area contributed by atoms with Gasteiger partial charge in [0.25, 0.3) is 0 Å². The quantitative estimate of drug-likeness (QED) is 0.527. The van der Waals surface area contributed by atoms with Crippen molar-refractivity contribution >= 4 is 5.97 Å². The first-order chi connectivity index (χ1) is 14.5. The molecule has 0 aliphatic carbocycles. The second-order valence-corrected chi connectivity index (χ2v) is 9.43. The summed E-state index contributed by atoms with van der Waals surface area (Å²) in [7, 11) is 1.42. The van der Waals surface area contributed by atoms with Gasteiger partial charge < -0.3 is 14.6 Å². The van der Waals surface area contributed by atoms with Crippen LogP contribution in [0.4, 0.5) is 0 Å². The number of aliphatic hydroxyl groups excluding tert-OH is 1. The number of aliphatic hydroxyl groups is 1. The van der Waals surface area contributed by atoms with Gasteiger partial charge >= 0.3 is 5.97 Å². The zero-order chi connectivity index (χ0) is 23.4. The minimum absolute atomic E-state index is 0.220. The lowest BCUT2D eigenvalue weighted by Gasteiger charge is -2.35. The van der Waals surface area contributed by atoms with Crippen LogP contribution in [-0.4, -0.2) is 30.9 Å². The molecule has 0 fully saturated rings. The fourth-order valence-electron chi connectivity index (χ4n) is 4.21. The Morgan fingerprint density at radius 2 is 1.71 bits per heavy atom. The van der Waals surface area contributed by atoms with Gasteiger partial charge in [-0.3, -0.25) is 0 Å². The van der Waals surface area contributed by atoms with Crippen molar-refractivity contribution in [3.05, 3.63) is 64.2 Å². The highest BCUT2D eigenvalue weighted by Crippen LogP contribution is 2.42. The Bertz CT molecular complexity index is 904. The van der Waals surface area contributed by atoms with Crippen molar-refractivity contribution < 1.29 is 19.4 Å². The molecule has 0 spiro atoms. The van der Waals surface area contributed by atoms with Gasteiger partial charge in [0, 0.05) is 5.41 Å². The highest BCUT2D eigenvalue weighted by molar-refractivity contribution is 5.91. The molecule has 0 saturated carbocycles. The summed E-state index contributed by atoms with van der Waals surface area (Å²) in [5, 5.41) is 10.3. The zero-order valence-corrected chi connectivity index (χ0v) is 20.3. The fraction of sp³-hybridized carbons (Fsp3) is 0.519. The number of carbonyl (C=O) groups is 1. The second-order valence-electron chi connectivity index (χ2n) is 9.43. The Morgan fingerprint density at radius 3 is 2.23 bits per heavy atom. The van der Waals surface area contributed by atoms with E-state index in [1.54, 1.807) is 0 Å². The molecule has 0 bridgehead atoms. The molecule has 31 heavy (non-hydrogen) atoms. The van der Waals surface area contributed by atoms with Crippen molar-refractivity contribution in [2.45, 2.75) is 72.8 Å². The largest absolute Gasteiger partial charge is 0.491 e. The molecule has 0 aliphatic rings. The Labute approximate surface area is 187 Å². The van der Waals surface area contributed by atoms with Crippen LogP contribution < -0.4 is 4.74 Å². The molecule has 0 radical (unpaired) electrons. The average Bonchev–Trinajstić information content (AvgIpc) is 2.73. The lowest BCUT2D eigenvalue weighted by atomic mass is 9.68. The predicted octanol–water partition coefficient (Wildman–Crippen LogP) is 5.98. The summed E-state index contributed by atoms with van der Waals surface area (Å²) in [6.45, 7) is 14.7. The molecule has 2 rings (SSSR count). The van der Waals surface area contributed by atoms with E-state index in [-0.39, 0.29) is 23.4 Å². The van der Waals surface area contributed by atoms with Crippen LogP contribution in [0.2, 0.25) is 0 Å². The van der Waals surface area contributed by atoms with Crippen LogP contribution in [0.3, 0.4) is 0 Å². The number of hydrogen-bond donors (Lipinski definition) is 1. The van der Waals surface area contributed by atoms with Crippen LogP contribution in [0.25, 0.3) is 0 Å². The fourth-order valence-corrected chi connectivity index (χ4v) is 4.21. The van der Waals surface area contributed by atoms with Crippen molar-refractivity contribution in [2.24, 2.45) is 5.41 Å². The summed E-state index contributed by atoms with van der Waals surface area (Å²) < 4.78 is 10.9. The first kappa shape index (κ1) is 24.9. The normalized spacial score (nSPS) is 13.1. The minimum Gasteiger partial charge on any atom is -0.491 e. The standard InChI is InChI=1S/C27H38O4/c1-9-27(10-2,22-13-11-12-21(19(22)4)25(29)30-8)20-14-15-23(18(3)16-20)31-17-24(28)26(5,6)7/h11-16,24,28H,9-10,17H2,1-8H3. The van der Waals surface area contributed by atoms with E-state index in [9.17, 15) is 9.90 Å². The highest BCUT2D eigenvalue weighted by Gasteiger charge is 2.33.